The van der Waals surface area contributed by atoms with Crippen LogP contribution >= 0.6 is 0 Å². The predicted molar refractivity (Wildman–Crippen MR) is 81.8 cm³/mol. The van der Waals surface area contributed by atoms with Crippen molar-refractivity contribution >= 4 is 10.8 Å². The third-order valence-electron chi connectivity index (χ3n) is 3.71. The van der Waals surface area contributed by atoms with Crippen molar-refractivity contribution in [3.63, 3.8) is 0 Å². The lowest BCUT2D eigenvalue weighted by atomic mass is 9.95. The number of ether oxygens (including phenoxy) is 1. The molecule has 0 saturated carbocycles. The number of nitrogens with one attached hydrogen (secondary N) is 1. The Morgan fingerprint density at radius 3 is 2.47 bits per heavy atom. The van der Waals surface area contributed by atoms with Crippen LogP contribution in [0.3, 0.4) is 0 Å². The molecule has 19 heavy (non-hydrogen) atoms. The van der Waals surface area contributed by atoms with E-state index in [2.05, 4.69) is 48.6 Å². The van der Waals surface area contributed by atoms with E-state index in [0.29, 0.717) is 6.04 Å². The average molecular weight is 257 g/mol. The van der Waals surface area contributed by atoms with Crippen molar-refractivity contribution in [1.29, 1.82) is 0 Å². The summed E-state index contributed by atoms with van der Waals surface area (Å²) >= 11 is 0. The van der Waals surface area contributed by atoms with E-state index < -0.39 is 0 Å². The first-order valence-corrected chi connectivity index (χ1v) is 7.04. The summed E-state index contributed by atoms with van der Waals surface area (Å²) in [6.45, 7) is 2.23. The highest BCUT2D eigenvalue weighted by molar-refractivity contribution is 5.91. The van der Waals surface area contributed by atoms with E-state index in [-0.39, 0.29) is 0 Å². The van der Waals surface area contributed by atoms with Crippen LogP contribution in [0.4, 0.5) is 0 Å². The summed E-state index contributed by atoms with van der Waals surface area (Å²) in [5.74, 6) is 0.949. The Morgan fingerprint density at radius 1 is 1.11 bits per heavy atom. The van der Waals surface area contributed by atoms with E-state index >= 15 is 0 Å². The molecule has 2 rings (SSSR count). The average Bonchev–Trinajstić information content (AvgIpc) is 2.48. The molecule has 0 aliphatic rings. The highest BCUT2D eigenvalue weighted by Crippen LogP contribution is 2.32. The summed E-state index contributed by atoms with van der Waals surface area (Å²) in [7, 11) is 3.77. The van der Waals surface area contributed by atoms with Gasteiger partial charge in [0.15, 0.2) is 0 Å². The zero-order valence-corrected chi connectivity index (χ0v) is 12.1. The summed E-state index contributed by atoms with van der Waals surface area (Å²) in [6.07, 6.45) is 3.64. The topological polar surface area (TPSA) is 21.3 Å². The zero-order chi connectivity index (χ0) is 13.7. The molecule has 2 aromatic rings. The van der Waals surface area contributed by atoms with E-state index in [1.54, 1.807) is 7.11 Å². The van der Waals surface area contributed by atoms with Crippen LogP contribution in [0.5, 0.6) is 5.75 Å². The SMILES string of the molecule is CCCCC(NC)c1ccc(OC)c2ccccc12. The Labute approximate surface area is 115 Å². The van der Waals surface area contributed by atoms with Crippen LogP contribution < -0.4 is 10.1 Å². The summed E-state index contributed by atoms with van der Waals surface area (Å²) in [4.78, 5) is 0. The van der Waals surface area contributed by atoms with Gasteiger partial charge in [0.25, 0.3) is 0 Å². The Bertz CT molecular complexity index is 536. The van der Waals surface area contributed by atoms with Crippen molar-refractivity contribution in [3.8, 4) is 5.75 Å². The first-order valence-electron chi connectivity index (χ1n) is 7.04. The Balaban J connectivity index is 2.48. The predicted octanol–water partition coefficient (Wildman–Crippen LogP) is 4.30. The largest absolute Gasteiger partial charge is 0.496 e. The summed E-state index contributed by atoms with van der Waals surface area (Å²) in [6, 6.07) is 13.2. The molecule has 2 heteroatoms. The minimum absolute atomic E-state index is 0.413. The molecule has 2 aromatic carbocycles. The van der Waals surface area contributed by atoms with Crippen molar-refractivity contribution < 1.29 is 4.74 Å². The van der Waals surface area contributed by atoms with Crippen LogP contribution in [-0.4, -0.2) is 14.2 Å². The van der Waals surface area contributed by atoms with Crippen molar-refractivity contribution in [2.24, 2.45) is 0 Å². The molecule has 0 spiro atoms. The van der Waals surface area contributed by atoms with E-state index in [1.807, 2.05) is 7.05 Å². The fourth-order valence-corrected chi connectivity index (χ4v) is 2.64. The molecule has 0 heterocycles. The molecular weight excluding hydrogens is 234 g/mol. The minimum atomic E-state index is 0.413. The molecule has 0 aliphatic heterocycles. The lowest BCUT2D eigenvalue weighted by Crippen LogP contribution is -2.16. The van der Waals surface area contributed by atoms with Gasteiger partial charge in [0.05, 0.1) is 7.11 Å². The van der Waals surface area contributed by atoms with Gasteiger partial charge in [0.1, 0.15) is 5.75 Å². The fourth-order valence-electron chi connectivity index (χ4n) is 2.64. The molecule has 1 atom stereocenters. The van der Waals surface area contributed by atoms with Gasteiger partial charge in [-0.25, -0.2) is 0 Å². The lowest BCUT2D eigenvalue weighted by molar-refractivity contribution is 0.419. The molecule has 1 N–H and O–H groups in total. The van der Waals surface area contributed by atoms with E-state index in [0.717, 1.165) is 5.75 Å². The zero-order valence-electron chi connectivity index (χ0n) is 12.1. The van der Waals surface area contributed by atoms with Crippen LogP contribution in [0.2, 0.25) is 0 Å². The van der Waals surface area contributed by atoms with Gasteiger partial charge in [-0.05, 0) is 30.5 Å². The van der Waals surface area contributed by atoms with Gasteiger partial charge in [0, 0.05) is 11.4 Å². The van der Waals surface area contributed by atoms with Gasteiger partial charge >= 0.3 is 0 Å². The Kier molecular flexibility index (Phi) is 4.80. The van der Waals surface area contributed by atoms with E-state index in [9.17, 15) is 0 Å². The number of benzene rings is 2. The van der Waals surface area contributed by atoms with Crippen molar-refractivity contribution in [2.45, 2.75) is 32.2 Å². The molecule has 0 aromatic heterocycles. The molecule has 0 aliphatic carbocycles. The molecule has 0 radical (unpaired) electrons. The molecule has 102 valence electrons. The first-order chi connectivity index (χ1) is 9.31. The maximum Gasteiger partial charge on any atom is 0.126 e. The molecule has 0 fully saturated rings. The number of unbranched alkanes of at least 4 members (excludes halogenated alkanes) is 1. The summed E-state index contributed by atoms with van der Waals surface area (Å²) in [5.41, 5.74) is 1.37. The Morgan fingerprint density at radius 2 is 1.84 bits per heavy atom. The number of methoxy groups -OCH3 is 1. The maximum atomic E-state index is 5.46. The van der Waals surface area contributed by atoms with Gasteiger partial charge in [-0.2, -0.15) is 0 Å². The third-order valence-corrected chi connectivity index (χ3v) is 3.71. The molecule has 0 amide bonds. The summed E-state index contributed by atoms with van der Waals surface area (Å²) < 4.78 is 5.46. The van der Waals surface area contributed by atoms with Gasteiger partial charge < -0.3 is 10.1 Å². The number of rotatable bonds is 6. The lowest BCUT2D eigenvalue weighted by Gasteiger charge is -2.19. The maximum absolute atomic E-state index is 5.46. The highest BCUT2D eigenvalue weighted by atomic mass is 16.5. The van der Waals surface area contributed by atoms with Crippen molar-refractivity contribution in [3.05, 3.63) is 42.0 Å². The van der Waals surface area contributed by atoms with Gasteiger partial charge in [0.2, 0.25) is 0 Å². The van der Waals surface area contributed by atoms with Crippen molar-refractivity contribution in [2.75, 3.05) is 14.2 Å². The van der Waals surface area contributed by atoms with Gasteiger partial charge in [-0.3, -0.25) is 0 Å². The van der Waals surface area contributed by atoms with E-state index in [4.69, 9.17) is 4.74 Å². The smallest absolute Gasteiger partial charge is 0.126 e. The van der Waals surface area contributed by atoms with Crippen LogP contribution in [0, 0.1) is 0 Å². The van der Waals surface area contributed by atoms with Gasteiger partial charge in [-0.1, -0.05) is 50.1 Å². The fraction of sp³-hybridized carbons (Fsp3) is 0.412. The molecule has 2 nitrogen and oxygen atoms in total. The first kappa shape index (κ1) is 13.9. The molecule has 0 saturated heterocycles. The second-order valence-electron chi connectivity index (χ2n) is 4.89. The number of hydrogen-bond donors (Lipinski definition) is 1. The van der Waals surface area contributed by atoms with Crippen LogP contribution in [0.1, 0.15) is 37.8 Å². The standard InChI is InChI=1S/C17H23NO/c1-4-5-10-16(18-2)14-11-12-17(19-3)15-9-7-6-8-13(14)15/h6-9,11-12,16,18H,4-5,10H2,1-3H3. The minimum Gasteiger partial charge on any atom is -0.496 e. The van der Waals surface area contributed by atoms with Crippen LogP contribution in [0.25, 0.3) is 10.8 Å². The molecule has 1 unspecified atom stereocenters. The van der Waals surface area contributed by atoms with Crippen molar-refractivity contribution in [1.82, 2.24) is 5.32 Å². The molecular formula is C17H23NO. The Hall–Kier alpha value is -1.54. The monoisotopic (exact) mass is 257 g/mol. The van der Waals surface area contributed by atoms with Gasteiger partial charge in [-0.15, -0.1) is 0 Å². The highest BCUT2D eigenvalue weighted by Gasteiger charge is 2.13. The normalized spacial score (nSPS) is 12.6. The number of hydrogen-bond acceptors (Lipinski definition) is 2. The van der Waals surface area contributed by atoms with Crippen LogP contribution in [0.15, 0.2) is 36.4 Å². The third kappa shape index (κ3) is 2.90. The second-order valence-corrected chi connectivity index (χ2v) is 4.89. The quantitative estimate of drug-likeness (QED) is 0.833. The molecule has 0 bridgehead atoms. The van der Waals surface area contributed by atoms with Crippen LogP contribution in [-0.2, 0) is 0 Å². The summed E-state index contributed by atoms with van der Waals surface area (Å²) in [5, 5.41) is 5.92. The number of fused-ring (bicyclic) bond motifs is 1. The second kappa shape index (κ2) is 6.58. The van der Waals surface area contributed by atoms with E-state index in [1.165, 1.54) is 35.6 Å².